The van der Waals surface area contributed by atoms with E-state index >= 15 is 0 Å². The van der Waals surface area contributed by atoms with Gasteiger partial charge in [-0.2, -0.15) is 5.26 Å². The summed E-state index contributed by atoms with van der Waals surface area (Å²) in [7, 11) is 0. The minimum atomic E-state index is 0.617. The molecule has 0 bridgehead atoms. The predicted molar refractivity (Wildman–Crippen MR) is 87.8 cm³/mol. The Morgan fingerprint density at radius 1 is 0.905 bits per heavy atom. The van der Waals surface area contributed by atoms with Gasteiger partial charge in [-0.1, -0.05) is 60.7 Å². The van der Waals surface area contributed by atoms with Gasteiger partial charge in [0.05, 0.1) is 24.8 Å². The molecule has 0 saturated carbocycles. The van der Waals surface area contributed by atoms with Crippen LogP contribution >= 0.6 is 0 Å². The third-order valence-electron chi connectivity index (χ3n) is 2.60. The number of benzene rings is 2. The van der Waals surface area contributed by atoms with Crippen LogP contribution in [0.1, 0.15) is 5.56 Å². The van der Waals surface area contributed by atoms with Crippen molar-refractivity contribution in [3.63, 3.8) is 0 Å². The Bertz CT molecular complexity index is 588. The van der Waals surface area contributed by atoms with Crippen molar-refractivity contribution < 1.29 is 4.74 Å². The van der Waals surface area contributed by atoms with E-state index in [1.807, 2.05) is 54.6 Å². The number of nitriles is 1. The molecular formula is C19H19NO. The maximum atomic E-state index is 8.93. The van der Waals surface area contributed by atoms with Crippen LogP contribution in [0.25, 0.3) is 11.1 Å². The van der Waals surface area contributed by atoms with Crippen molar-refractivity contribution in [2.45, 2.75) is 0 Å². The van der Waals surface area contributed by atoms with Gasteiger partial charge in [0.1, 0.15) is 0 Å². The van der Waals surface area contributed by atoms with E-state index in [2.05, 4.69) is 19.2 Å². The van der Waals surface area contributed by atoms with Crippen LogP contribution in [0, 0.1) is 11.3 Å². The summed E-state index contributed by atoms with van der Waals surface area (Å²) in [5.41, 5.74) is 2.80. The molecule has 106 valence electrons. The summed E-state index contributed by atoms with van der Waals surface area (Å²) < 4.78 is 4.90. The first-order valence-electron chi connectivity index (χ1n) is 6.67. The molecule has 2 nitrogen and oxygen atoms in total. The molecule has 0 spiro atoms. The maximum absolute atomic E-state index is 8.93. The smallest absolute Gasteiger partial charge is 0.0998 e. The molecule has 0 aliphatic rings. The monoisotopic (exact) mass is 277 g/mol. The first-order valence-corrected chi connectivity index (χ1v) is 6.67. The van der Waals surface area contributed by atoms with Crippen molar-refractivity contribution in [1.29, 1.82) is 5.26 Å². The molecule has 2 aromatic rings. The van der Waals surface area contributed by atoms with E-state index < -0.39 is 0 Å². The van der Waals surface area contributed by atoms with Crippen LogP contribution in [-0.4, -0.2) is 13.2 Å². The molecule has 0 aliphatic heterocycles. The van der Waals surface area contributed by atoms with Crippen LogP contribution < -0.4 is 0 Å². The lowest BCUT2D eigenvalue weighted by molar-refractivity contribution is 0.194. The highest BCUT2D eigenvalue weighted by atomic mass is 16.5. The second-order valence-corrected chi connectivity index (χ2v) is 4.14. The van der Waals surface area contributed by atoms with E-state index in [9.17, 15) is 0 Å². The SMILES string of the molecule is C=CCOCC=C.N#Cc1ccccc1-c1ccccc1. The molecule has 0 unspecified atom stereocenters. The normalized spacial score (nSPS) is 8.90. The third-order valence-corrected chi connectivity index (χ3v) is 2.60. The van der Waals surface area contributed by atoms with Crippen molar-refractivity contribution in [2.75, 3.05) is 13.2 Å². The number of rotatable bonds is 5. The van der Waals surface area contributed by atoms with E-state index in [1.165, 1.54) is 0 Å². The topological polar surface area (TPSA) is 33.0 Å². The Hall–Kier alpha value is -2.63. The van der Waals surface area contributed by atoms with Gasteiger partial charge in [-0.3, -0.25) is 0 Å². The maximum Gasteiger partial charge on any atom is 0.0998 e. The van der Waals surface area contributed by atoms with E-state index in [1.54, 1.807) is 12.2 Å². The Morgan fingerprint density at radius 2 is 1.48 bits per heavy atom. The fraction of sp³-hybridized carbons (Fsp3) is 0.105. The molecule has 0 fully saturated rings. The lowest BCUT2D eigenvalue weighted by Gasteiger charge is -2.02. The largest absolute Gasteiger partial charge is 0.373 e. The molecule has 2 aromatic carbocycles. The molecule has 0 aliphatic carbocycles. The first-order chi connectivity index (χ1) is 10.3. The minimum absolute atomic E-state index is 0.617. The zero-order valence-electron chi connectivity index (χ0n) is 12.0. The molecule has 0 heterocycles. The van der Waals surface area contributed by atoms with Crippen molar-refractivity contribution in [2.24, 2.45) is 0 Å². The van der Waals surface area contributed by atoms with Crippen LogP contribution in [0.4, 0.5) is 0 Å². The van der Waals surface area contributed by atoms with Crippen LogP contribution in [0.5, 0.6) is 0 Å². The van der Waals surface area contributed by atoms with Crippen LogP contribution in [-0.2, 0) is 4.74 Å². The second kappa shape index (κ2) is 10.2. The summed E-state index contributed by atoms with van der Waals surface area (Å²) in [6.45, 7) is 8.18. The highest BCUT2D eigenvalue weighted by Gasteiger charge is 2.01. The van der Waals surface area contributed by atoms with Crippen molar-refractivity contribution in [1.82, 2.24) is 0 Å². The van der Waals surface area contributed by atoms with E-state index in [0.717, 1.165) is 16.7 Å². The summed E-state index contributed by atoms with van der Waals surface area (Å²) >= 11 is 0. The molecule has 0 aromatic heterocycles. The van der Waals surface area contributed by atoms with Gasteiger partial charge in [0.15, 0.2) is 0 Å². The Morgan fingerprint density at radius 3 is 2.05 bits per heavy atom. The Kier molecular flexibility index (Phi) is 7.97. The molecular weight excluding hydrogens is 258 g/mol. The van der Waals surface area contributed by atoms with Crippen molar-refractivity contribution >= 4 is 0 Å². The summed E-state index contributed by atoms with van der Waals surface area (Å²) in [6, 6.07) is 19.8. The van der Waals surface area contributed by atoms with E-state index in [4.69, 9.17) is 10.00 Å². The van der Waals surface area contributed by atoms with E-state index in [0.29, 0.717) is 13.2 Å². The molecule has 0 radical (unpaired) electrons. The van der Waals surface area contributed by atoms with Gasteiger partial charge >= 0.3 is 0 Å². The molecule has 0 N–H and O–H groups in total. The Balaban J connectivity index is 0.000000270. The highest BCUT2D eigenvalue weighted by molar-refractivity contribution is 5.70. The molecule has 0 saturated heterocycles. The zero-order chi connectivity index (χ0) is 15.3. The number of hydrogen-bond acceptors (Lipinski definition) is 2. The number of hydrogen-bond donors (Lipinski definition) is 0. The molecule has 0 atom stereocenters. The summed E-state index contributed by atoms with van der Waals surface area (Å²) in [5.74, 6) is 0. The highest BCUT2D eigenvalue weighted by Crippen LogP contribution is 2.22. The average Bonchev–Trinajstić information content (AvgIpc) is 2.57. The van der Waals surface area contributed by atoms with Gasteiger partial charge < -0.3 is 4.74 Å². The van der Waals surface area contributed by atoms with Crippen LogP contribution in [0.15, 0.2) is 79.9 Å². The zero-order valence-corrected chi connectivity index (χ0v) is 12.0. The number of ether oxygens (including phenoxy) is 1. The quantitative estimate of drug-likeness (QED) is 0.591. The standard InChI is InChI=1S/C13H9N.C6H10O/c14-10-12-8-4-5-9-13(12)11-6-2-1-3-7-11;1-3-5-7-6-4-2/h1-9H;3-4H,1-2,5-6H2. The lowest BCUT2D eigenvalue weighted by Crippen LogP contribution is -1.87. The minimum Gasteiger partial charge on any atom is -0.373 e. The second-order valence-electron chi connectivity index (χ2n) is 4.14. The van der Waals surface area contributed by atoms with Gasteiger partial charge in [-0.15, -0.1) is 13.2 Å². The lowest BCUT2D eigenvalue weighted by atomic mass is 10.0. The van der Waals surface area contributed by atoms with Crippen LogP contribution in [0.2, 0.25) is 0 Å². The Labute approximate surface area is 126 Å². The summed E-state index contributed by atoms with van der Waals surface area (Å²) in [4.78, 5) is 0. The van der Waals surface area contributed by atoms with Crippen molar-refractivity contribution in [3.8, 4) is 17.2 Å². The van der Waals surface area contributed by atoms with Crippen LogP contribution in [0.3, 0.4) is 0 Å². The average molecular weight is 277 g/mol. The summed E-state index contributed by atoms with van der Waals surface area (Å²) in [5, 5.41) is 8.93. The van der Waals surface area contributed by atoms with Gasteiger partial charge in [-0.05, 0) is 17.2 Å². The molecule has 0 amide bonds. The van der Waals surface area contributed by atoms with Gasteiger partial charge in [0.2, 0.25) is 0 Å². The van der Waals surface area contributed by atoms with Gasteiger partial charge in [0, 0.05) is 0 Å². The summed E-state index contributed by atoms with van der Waals surface area (Å²) in [6.07, 6.45) is 3.42. The van der Waals surface area contributed by atoms with Gasteiger partial charge in [-0.25, -0.2) is 0 Å². The van der Waals surface area contributed by atoms with Gasteiger partial charge in [0.25, 0.3) is 0 Å². The van der Waals surface area contributed by atoms with Crippen molar-refractivity contribution in [3.05, 3.63) is 85.5 Å². The first kappa shape index (κ1) is 16.4. The predicted octanol–water partition coefficient (Wildman–Crippen LogP) is 4.60. The fourth-order valence-electron chi connectivity index (χ4n) is 1.68. The molecule has 21 heavy (non-hydrogen) atoms. The molecule has 2 heteroatoms. The van der Waals surface area contributed by atoms with E-state index in [-0.39, 0.29) is 0 Å². The molecule has 2 rings (SSSR count). The number of nitrogens with zero attached hydrogens (tertiary/aromatic N) is 1. The third kappa shape index (κ3) is 5.90. The fourth-order valence-corrected chi connectivity index (χ4v) is 1.68.